The van der Waals surface area contributed by atoms with Crippen LogP contribution in [0.25, 0.3) is 6.08 Å². The molecular weight excluding hydrogens is 428 g/mol. The first-order valence-electron chi connectivity index (χ1n) is 9.41. The lowest BCUT2D eigenvalue weighted by Gasteiger charge is -2.13. The number of carbonyl (C=O) groups is 1. The Kier molecular flexibility index (Phi) is 7.21. The lowest BCUT2D eigenvalue weighted by Crippen LogP contribution is -2.26. The summed E-state index contributed by atoms with van der Waals surface area (Å²) >= 11 is 0. The van der Waals surface area contributed by atoms with Gasteiger partial charge in [-0.3, -0.25) is 9.78 Å². The molecule has 0 aliphatic heterocycles. The molecule has 3 rings (SSSR count). The molecular formula is C23H18F4N2O3. The van der Waals surface area contributed by atoms with Crippen molar-refractivity contribution in [1.29, 1.82) is 0 Å². The molecule has 1 aromatic heterocycles. The molecule has 0 saturated carbocycles. The number of aliphatic hydroxyl groups is 1. The van der Waals surface area contributed by atoms with Crippen LogP contribution in [0.4, 0.5) is 17.6 Å². The second-order valence-corrected chi connectivity index (χ2v) is 6.69. The highest BCUT2D eigenvalue weighted by molar-refractivity contribution is 5.91. The smallest absolute Gasteiger partial charge is 0.416 e. The molecule has 0 radical (unpaired) electrons. The Balaban J connectivity index is 1.53. The zero-order valence-corrected chi connectivity index (χ0v) is 16.5. The van der Waals surface area contributed by atoms with Gasteiger partial charge in [-0.25, -0.2) is 4.39 Å². The number of benzene rings is 2. The Morgan fingerprint density at radius 1 is 1.16 bits per heavy atom. The molecule has 0 aliphatic rings. The summed E-state index contributed by atoms with van der Waals surface area (Å²) in [7, 11) is 0. The van der Waals surface area contributed by atoms with Crippen LogP contribution in [0.3, 0.4) is 0 Å². The number of nitrogens with zero attached hydrogens (tertiary/aromatic N) is 1. The van der Waals surface area contributed by atoms with E-state index in [1.54, 1.807) is 24.4 Å². The first kappa shape index (κ1) is 23.0. The molecule has 166 valence electrons. The Labute approximate surface area is 181 Å². The van der Waals surface area contributed by atoms with Gasteiger partial charge in [0.2, 0.25) is 5.91 Å². The maximum absolute atomic E-state index is 14.2. The molecule has 9 heteroatoms. The van der Waals surface area contributed by atoms with E-state index in [0.29, 0.717) is 11.3 Å². The molecule has 32 heavy (non-hydrogen) atoms. The van der Waals surface area contributed by atoms with E-state index in [9.17, 15) is 27.5 Å². The topological polar surface area (TPSA) is 71.5 Å². The van der Waals surface area contributed by atoms with Crippen molar-refractivity contribution in [2.24, 2.45) is 0 Å². The van der Waals surface area contributed by atoms with Gasteiger partial charge in [0.05, 0.1) is 17.9 Å². The van der Waals surface area contributed by atoms with Crippen LogP contribution in [-0.2, 0) is 11.0 Å². The van der Waals surface area contributed by atoms with E-state index in [0.717, 1.165) is 30.3 Å². The third-order valence-electron chi connectivity index (χ3n) is 4.34. The summed E-state index contributed by atoms with van der Waals surface area (Å²) in [5, 5.41) is 12.5. The Morgan fingerprint density at radius 3 is 2.53 bits per heavy atom. The van der Waals surface area contributed by atoms with Crippen molar-refractivity contribution in [2.45, 2.75) is 12.3 Å². The molecule has 0 bridgehead atoms. The van der Waals surface area contributed by atoms with E-state index in [1.165, 1.54) is 24.4 Å². The quantitative estimate of drug-likeness (QED) is 0.400. The molecule has 0 fully saturated rings. The van der Waals surface area contributed by atoms with Crippen LogP contribution >= 0.6 is 0 Å². The van der Waals surface area contributed by atoms with E-state index in [-0.39, 0.29) is 17.9 Å². The van der Waals surface area contributed by atoms with E-state index in [1.807, 2.05) is 0 Å². The van der Waals surface area contributed by atoms with Gasteiger partial charge in [-0.2, -0.15) is 13.2 Å². The number of halogens is 4. The average molecular weight is 446 g/mol. The molecule has 0 aliphatic carbocycles. The van der Waals surface area contributed by atoms with E-state index in [2.05, 4.69) is 10.3 Å². The predicted octanol–water partition coefficient (Wildman–Crippen LogP) is 4.89. The summed E-state index contributed by atoms with van der Waals surface area (Å²) in [6, 6.07) is 11.4. The number of pyridine rings is 1. The van der Waals surface area contributed by atoms with Crippen molar-refractivity contribution >= 4 is 12.0 Å². The number of nitrogens with one attached hydrogen (secondary N) is 1. The van der Waals surface area contributed by atoms with Gasteiger partial charge in [-0.15, -0.1) is 0 Å². The second-order valence-electron chi connectivity index (χ2n) is 6.69. The van der Waals surface area contributed by atoms with Crippen LogP contribution < -0.4 is 10.1 Å². The van der Waals surface area contributed by atoms with E-state index < -0.39 is 29.6 Å². The first-order valence-corrected chi connectivity index (χ1v) is 9.41. The number of hydrogen-bond donors (Lipinski definition) is 2. The largest absolute Gasteiger partial charge is 0.453 e. The van der Waals surface area contributed by atoms with Gasteiger partial charge in [-0.1, -0.05) is 18.2 Å². The number of amides is 1. The van der Waals surface area contributed by atoms with Gasteiger partial charge < -0.3 is 15.2 Å². The summed E-state index contributed by atoms with van der Waals surface area (Å²) in [5.74, 6) is -0.818. The minimum Gasteiger partial charge on any atom is -0.453 e. The van der Waals surface area contributed by atoms with Gasteiger partial charge in [0, 0.05) is 18.8 Å². The van der Waals surface area contributed by atoms with Crippen LogP contribution in [0.2, 0.25) is 0 Å². The summed E-state index contributed by atoms with van der Waals surface area (Å²) in [5.41, 5.74) is -0.197. The molecule has 1 heterocycles. The summed E-state index contributed by atoms with van der Waals surface area (Å²) in [6.07, 6.45) is -0.130. The first-order chi connectivity index (χ1) is 15.2. The van der Waals surface area contributed by atoms with Crippen molar-refractivity contribution in [2.75, 3.05) is 6.54 Å². The lowest BCUT2D eigenvalue weighted by molar-refractivity contribution is -0.137. The predicted molar refractivity (Wildman–Crippen MR) is 109 cm³/mol. The molecule has 0 saturated heterocycles. The molecule has 1 atom stereocenters. The zero-order chi connectivity index (χ0) is 23.1. The number of aromatic nitrogens is 1. The number of alkyl halides is 3. The van der Waals surface area contributed by atoms with Crippen LogP contribution in [0, 0.1) is 5.82 Å². The highest BCUT2D eigenvalue weighted by atomic mass is 19.4. The maximum atomic E-state index is 14.2. The number of ether oxygens (including phenoxy) is 1. The monoisotopic (exact) mass is 446 g/mol. The minimum atomic E-state index is -4.47. The third-order valence-corrected chi connectivity index (χ3v) is 4.34. The third kappa shape index (κ3) is 6.39. The van der Waals surface area contributed by atoms with Crippen molar-refractivity contribution in [3.8, 4) is 11.5 Å². The van der Waals surface area contributed by atoms with E-state index in [4.69, 9.17) is 4.74 Å². The summed E-state index contributed by atoms with van der Waals surface area (Å²) < 4.78 is 57.4. The molecule has 3 aromatic rings. The molecule has 1 amide bonds. The van der Waals surface area contributed by atoms with Crippen LogP contribution in [-0.4, -0.2) is 22.5 Å². The molecule has 1 unspecified atom stereocenters. The van der Waals surface area contributed by atoms with Crippen molar-refractivity contribution in [1.82, 2.24) is 10.3 Å². The van der Waals surface area contributed by atoms with Gasteiger partial charge in [0.15, 0.2) is 11.6 Å². The van der Waals surface area contributed by atoms with Gasteiger partial charge in [-0.05, 0) is 53.6 Å². The maximum Gasteiger partial charge on any atom is 0.416 e. The zero-order valence-electron chi connectivity index (χ0n) is 16.5. The van der Waals surface area contributed by atoms with Crippen LogP contribution in [0.5, 0.6) is 11.5 Å². The number of rotatable bonds is 7. The lowest BCUT2D eigenvalue weighted by atomic mass is 10.1. The number of carbonyl (C=O) groups excluding carboxylic acids is 1. The van der Waals surface area contributed by atoms with Gasteiger partial charge in [0.25, 0.3) is 0 Å². The van der Waals surface area contributed by atoms with E-state index >= 15 is 0 Å². The second kappa shape index (κ2) is 10.1. The fraction of sp³-hybridized carbons (Fsp3) is 0.130. The average Bonchev–Trinajstić information content (AvgIpc) is 2.78. The van der Waals surface area contributed by atoms with Crippen molar-refractivity contribution < 1.29 is 32.2 Å². The highest BCUT2D eigenvalue weighted by Crippen LogP contribution is 2.30. The van der Waals surface area contributed by atoms with Crippen LogP contribution in [0.1, 0.15) is 22.8 Å². The fourth-order valence-electron chi connectivity index (χ4n) is 2.68. The Hall–Kier alpha value is -3.72. The minimum absolute atomic E-state index is 0.000680. The number of hydrogen-bond acceptors (Lipinski definition) is 4. The Bertz CT molecular complexity index is 1080. The normalized spacial score (nSPS) is 12.5. The molecule has 0 spiro atoms. The molecule has 2 aromatic carbocycles. The molecule has 2 N–H and O–H groups in total. The Morgan fingerprint density at radius 2 is 1.91 bits per heavy atom. The van der Waals surface area contributed by atoms with Gasteiger partial charge in [0.1, 0.15) is 5.75 Å². The summed E-state index contributed by atoms with van der Waals surface area (Å²) in [4.78, 5) is 15.8. The number of aliphatic hydroxyl groups excluding tert-OH is 1. The van der Waals surface area contributed by atoms with Crippen molar-refractivity contribution in [3.63, 3.8) is 0 Å². The fourth-order valence-corrected chi connectivity index (χ4v) is 2.68. The van der Waals surface area contributed by atoms with Crippen LogP contribution in [0.15, 0.2) is 73.1 Å². The standard InChI is InChI=1S/C23H18F4N2O3/c24-19-12-15(3-9-21(19)32-18-2-1-11-28-13-18)4-10-22(31)29-14-20(30)16-5-7-17(8-6-16)23(25,26)27/h1-13,20,30H,14H2,(H,29,31)/b10-4+. The summed E-state index contributed by atoms with van der Waals surface area (Å²) in [6.45, 7) is -0.208. The van der Waals surface area contributed by atoms with Gasteiger partial charge >= 0.3 is 6.18 Å². The highest BCUT2D eigenvalue weighted by Gasteiger charge is 2.30. The van der Waals surface area contributed by atoms with Crippen molar-refractivity contribution in [3.05, 3.63) is 95.6 Å². The SMILES string of the molecule is O=C(/C=C/c1ccc(Oc2cccnc2)c(F)c1)NCC(O)c1ccc(C(F)(F)F)cc1. The molecule has 5 nitrogen and oxygen atoms in total.